The van der Waals surface area contributed by atoms with E-state index in [0.717, 1.165) is 0 Å². The van der Waals surface area contributed by atoms with Crippen molar-refractivity contribution in [3.05, 3.63) is 66.1 Å². The van der Waals surface area contributed by atoms with Gasteiger partial charge in [0.25, 0.3) is 0 Å². The summed E-state index contributed by atoms with van der Waals surface area (Å²) in [6.07, 6.45) is 0. The van der Waals surface area contributed by atoms with E-state index in [1.807, 2.05) is 0 Å². The summed E-state index contributed by atoms with van der Waals surface area (Å²) in [5, 5.41) is 9.24. The van der Waals surface area contributed by atoms with Crippen LogP contribution in [0.3, 0.4) is 0 Å². The molecule has 0 atom stereocenters. The normalized spacial score (nSPS) is 10.5. The first-order valence-corrected chi connectivity index (χ1v) is 6.21. The molecule has 0 radical (unpaired) electrons. The van der Waals surface area contributed by atoms with Gasteiger partial charge in [0.2, 0.25) is 5.89 Å². The molecule has 1 N–H and O–H groups in total. The number of rotatable bonds is 3. The molecule has 104 valence electrons. The van der Waals surface area contributed by atoms with Gasteiger partial charge < -0.3 is 9.52 Å². The molecule has 3 rings (SSSR count). The Labute approximate surface area is 119 Å². The lowest BCUT2D eigenvalue weighted by Crippen LogP contribution is -1.98. The van der Waals surface area contributed by atoms with Gasteiger partial charge in [0, 0.05) is 5.56 Å². The predicted molar refractivity (Wildman–Crippen MR) is 74.3 cm³/mol. The SMILES string of the molecule is O=C(O)c1nc(-c2ccccc2F)oc1-c1ccccc1. The summed E-state index contributed by atoms with van der Waals surface area (Å²) >= 11 is 0. The number of benzene rings is 2. The highest BCUT2D eigenvalue weighted by Crippen LogP contribution is 2.30. The third-order valence-electron chi connectivity index (χ3n) is 2.97. The Morgan fingerprint density at radius 2 is 1.71 bits per heavy atom. The standard InChI is InChI=1S/C16H10FNO3/c17-12-9-5-4-8-11(12)15-18-13(16(19)20)14(21-15)10-6-2-1-3-7-10/h1-9H,(H,19,20). The number of nitrogens with zero attached hydrogens (tertiary/aromatic N) is 1. The van der Waals surface area contributed by atoms with Gasteiger partial charge in [0.15, 0.2) is 11.5 Å². The Morgan fingerprint density at radius 1 is 1.05 bits per heavy atom. The zero-order valence-electron chi connectivity index (χ0n) is 10.8. The lowest BCUT2D eigenvalue weighted by atomic mass is 10.1. The van der Waals surface area contributed by atoms with Crippen LogP contribution in [0.2, 0.25) is 0 Å². The molecule has 2 aromatic carbocycles. The molecular weight excluding hydrogens is 273 g/mol. The third kappa shape index (κ3) is 2.41. The summed E-state index contributed by atoms with van der Waals surface area (Å²) in [6.45, 7) is 0. The summed E-state index contributed by atoms with van der Waals surface area (Å²) in [7, 11) is 0. The van der Waals surface area contributed by atoms with Crippen LogP contribution in [0.25, 0.3) is 22.8 Å². The molecule has 5 heteroatoms. The van der Waals surface area contributed by atoms with Crippen LogP contribution in [0.1, 0.15) is 10.5 Å². The van der Waals surface area contributed by atoms with Gasteiger partial charge in [-0.3, -0.25) is 0 Å². The lowest BCUT2D eigenvalue weighted by molar-refractivity contribution is 0.0691. The van der Waals surface area contributed by atoms with Crippen LogP contribution in [0.4, 0.5) is 4.39 Å². The minimum absolute atomic E-state index is 0.0515. The molecule has 0 spiro atoms. The topological polar surface area (TPSA) is 63.3 Å². The number of aromatic carboxylic acids is 1. The molecular formula is C16H10FNO3. The van der Waals surface area contributed by atoms with Crippen molar-refractivity contribution in [3.63, 3.8) is 0 Å². The second-order valence-corrected chi connectivity index (χ2v) is 4.35. The fourth-order valence-corrected chi connectivity index (χ4v) is 2.00. The van der Waals surface area contributed by atoms with Crippen LogP contribution < -0.4 is 0 Å². The average molecular weight is 283 g/mol. The van der Waals surface area contributed by atoms with E-state index in [4.69, 9.17) is 4.42 Å². The molecule has 0 aliphatic heterocycles. The van der Waals surface area contributed by atoms with Gasteiger partial charge in [-0.05, 0) is 12.1 Å². The molecule has 0 fully saturated rings. The first kappa shape index (κ1) is 13.1. The maximum absolute atomic E-state index is 13.8. The van der Waals surface area contributed by atoms with E-state index in [1.165, 1.54) is 18.2 Å². The highest BCUT2D eigenvalue weighted by atomic mass is 19.1. The molecule has 4 nitrogen and oxygen atoms in total. The molecule has 21 heavy (non-hydrogen) atoms. The fraction of sp³-hybridized carbons (Fsp3) is 0. The fourth-order valence-electron chi connectivity index (χ4n) is 2.00. The minimum Gasteiger partial charge on any atom is -0.476 e. The number of halogens is 1. The van der Waals surface area contributed by atoms with E-state index in [1.54, 1.807) is 36.4 Å². The minimum atomic E-state index is -1.22. The Kier molecular flexibility index (Phi) is 3.23. The summed E-state index contributed by atoms with van der Waals surface area (Å²) < 4.78 is 19.3. The number of oxazole rings is 1. The second-order valence-electron chi connectivity index (χ2n) is 4.35. The van der Waals surface area contributed by atoms with E-state index < -0.39 is 11.8 Å². The van der Waals surface area contributed by atoms with Crippen LogP contribution in [-0.2, 0) is 0 Å². The Hall–Kier alpha value is -2.95. The van der Waals surface area contributed by atoms with Crippen molar-refractivity contribution in [3.8, 4) is 22.8 Å². The molecule has 0 amide bonds. The molecule has 0 unspecified atom stereocenters. The Balaban J connectivity index is 2.18. The molecule has 0 aliphatic carbocycles. The monoisotopic (exact) mass is 283 g/mol. The molecule has 0 saturated heterocycles. The second kappa shape index (κ2) is 5.20. The first-order valence-electron chi connectivity index (χ1n) is 6.21. The van der Waals surface area contributed by atoms with Crippen LogP contribution in [0.5, 0.6) is 0 Å². The third-order valence-corrected chi connectivity index (χ3v) is 2.97. The number of hydrogen-bond donors (Lipinski definition) is 1. The smallest absolute Gasteiger partial charge is 0.358 e. The summed E-state index contributed by atoms with van der Waals surface area (Å²) in [4.78, 5) is 15.2. The summed E-state index contributed by atoms with van der Waals surface area (Å²) in [6, 6.07) is 14.7. The highest BCUT2D eigenvalue weighted by molar-refractivity contribution is 5.93. The van der Waals surface area contributed by atoms with E-state index in [2.05, 4.69) is 4.98 Å². The van der Waals surface area contributed by atoms with E-state index in [-0.39, 0.29) is 22.9 Å². The zero-order valence-corrected chi connectivity index (χ0v) is 10.8. The van der Waals surface area contributed by atoms with Crippen molar-refractivity contribution in [2.24, 2.45) is 0 Å². The van der Waals surface area contributed by atoms with Crippen LogP contribution >= 0.6 is 0 Å². The van der Waals surface area contributed by atoms with E-state index >= 15 is 0 Å². The van der Waals surface area contributed by atoms with E-state index in [0.29, 0.717) is 5.56 Å². The van der Waals surface area contributed by atoms with Gasteiger partial charge in [-0.15, -0.1) is 0 Å². The van der Waals surface area contributed by atoms with Crippen LogP contribution in [0, 0.1) is 5.82 Å². The molecule has 1 heterocycles. The molecule has 1 aromatic heterocycles. The van der Waals surface area contributed by atoms with Crippen molar-refractivity contribution in [2.45, 2.75) is 0 Å². The van der Waals surface area contributed by atoms with Crippen LogP contribution in [0.15, 0.2) is 59.0 Å². The van der Waals surface area contributed by atoms with Gasteiger partial charge in [0.05, 0.1) is 5.56 Å². The maximum atomic E-state index is 13.8. The Bertz CT molecular complexity index is 796. The molecule has 3 aromatic rings. The quantitative estimate of drug-likeness (QED) is 0.793. The largest absolute Gasteiger partial charge is 0.476 e. The Morgan fingerprint density at radius 3 is 2.38 bits per heavy atom. The lowest BCUT2D eigenvalue weighted by Gasteiger charge is -1.98. The van der Waals surface area contributed by atoms with E-state index in [9.17, 15) is 14.3 Å². The number of carbonyl (C=O) groups is 1. The van der Waals surface area contributed by atoms with Gasteiger partial charge >= 0.3 is 5.97 Å². The zero-order chi connectivity index (χ0) is 14.8. The summed E-state index contributed by atoms with van der Waals surface area (Å²) in [5.74, 6) is -1.68. The van der Waals surface area contributed by atoms with Crippen molar-refractivity contribution in [2.75, 3.05) is 0 Å². The number of hydrogen-bond acceptors (Lipinski definition) is 3. The van der Waals surface area contributed by atoms with Crippen molar-refractivity contribution < 1.29 is 18.7 Å². The van der Waals surface area contributed by atoms with Crippen LogP contribution in [-0.4, -0.2) is 16.1 Å². The number of carboxylic acid groups (broad SMARTS) is 1. The average Bonchev–Trinajstić information content (AvgIpc) is 2.94. The molecule has 0 aliphatic rings. The molecule has 0 saturated carbocycles. The summed E-state index contributed by atoms with van der Waals surface area (Å²) in [5.41, 5.74) is 0.464. The van der Waals surface area contributed by atoms with Gasteiger partial charge in [-0.25, -0.2) is 14.2 Å². The van der Waals surface area contributed by atoms with Gasteiger partial charge in [-0.1, -0.05) is 42.5 Å². The predicted octanol–water partition coefficient (Wildman–Crippen LogP) is 3.85. The number of carboxylic acids is 1. The molecule has 0 bridgehead atoms. The van der Waals surface area contributed by atoms with Crippen molar-refractivity contribution >= 4 is 5.97 Å². The van der Waals surface area contributed by atoms with Gasteiger partial charge in [0.1, 0.15) is 5.82 Å². The number of aromatic nitrogens is 1. The first-order chi connectivity index (χ1) is 10.2. The van der Waals surface area contributed by atoms with Crippen molar-refractivity contribution in [1.82, 2.24) is 4.98 Å². The maximum Gasteiger partial charge on any atom is 0.358 e. The van der Waals surface area contributed by atoms with Gasteiger partial charge in [-0.2, -0.15) is 0 Å². The highest BCUT2D eigenvalue weighted by Gasteiger charge is 2.22. The van der Waals surface area contributed by atoms with Crippen molar-refractivity contribution in [1.29, 1.82) is 0 Å².